The summed E-state index contributed by atoms with van der Waals surface area (Å²) in [4.78, 5) is 13.7. The van der Waals surface area contributed by atoms with Gasteiger partial charge in [-0.1, -0.05) is 13.0 Å². The molecule has 0 unspecified atom stereocenters. The molecule has 3 nitrogen and oxygen atoms in total. The van der Waals surface area contributed by atoms with Gasteiger partial charge in [-0.15, -0.1) is 0 Å². The van der Waals surface area contributed by atoms with Gasteiger partial charge in [0.25, 0.3) is 0 Å². The number of carbonyl (C=O) groups excluding carboxylic acids is 1. The highest BCUT2D eigenvalue weighted by atomic mass is 16.5. The Labute approximate surface area is 79.5 Å². The zero-order valence-electron chi connectivity index (χ0n) is 8.54. The fourth-order valence-corrected chi connectivity index (χ4v) is 0.795. The first-order valence-corrected chi connectivity index (χ1v) is 4.44. The Morgan fingerprint density at radius 2 is 2.31 bits per heavy atom. The SMILES string of the molecule is CCC1=CCCN=C1.COC(C)=O. The number of hydrogen-bond donors (Lipinski definition) is 0. The molecule has 0 radical (unpaired) electrons. The summed E-state index contributed by atoms with van der Waals surface area (Å²) in [6, 6.07) is 0. The normalized spacial score (nSPS) is 13.9. The zero-order valence-corrected chi connectivity index (χ0v) is 8.54. The van der Waals surface area contributed by atoms with Gasteiger partial charge in [-0.05, 0) is 18.4 Å². The maximum absolute atomic E-state index is 9.59. The van der Waals surface area contributed by atoms with Crippen molar-refractivity contribution >= 4 is 12.2 Å². The van der Waals surface area contributed by atoms with Crippen molar-refractivity contribution in [1.29, 1.82) is 0 Å². The molecule has 0 aromatic heterocycles. The lowest BCUT2D eigenvalue weighted by atomic mass is 10.1. The lowest BCUT2D eigenvalue weighted by Crippen LogP contribution is -1.91. The second-order valence-corrected chi connectivity index (χ2v) is 2.65. The largest absolute Gasteiger partial charge is 0.469 e. The van der Waals surface area contributed by atoms with Crippen LogP contribution < -0.4 is 0 Å². The maximum atomic E-state index is 9.59. The second-order valence-electron chi connectivity index (χ2n) is 2.65. The lowest BCUT2D eigenvalue weighted by molar-refractivity contribution is -0.137. The van der Waals surface area contributed by atoms with Gasteiger partial charge < -0.3 is 4.74 Å². The standard InChI is InChI=1S/C7H11N.C3H6O2/c1-2-7-4-3-5-8-6-7;1-3(4)5-2/h4,6H,2-3,5H2,1H3;1-2H3. The summed E-state index contributed by atoms with van der Waals surface area (Å²) >= 11 is 0. The van der Waals surface area contributed by atoms with E-state index in [4.69, 9.17) is 0 Å². The average Bonchev–Trinajstić information content (AvgIpc) is 2.20. The van der Waals surface area contributed by atoms with E-state index in [9.17, 15) is 4.79 Å². The first kappa shape index (κ1) is 11.9. The van der Waals surface area contributed by atoms with Crippen molar-refractivity contribution in [3.8, 4) is 0 Å². The number of methoxy groups -OCH3 is 1. The van der Waals surface area contributed by atoms with Gasteiger partial charge in [0.2, 0.25) is 0 Å². The van der Waals surface area contributed by atoms with Crippen LogP contribution in [0.15, 0.2) is 16.6 Å². The summed E-state index contributed by atoms with van der Waals surface area (Å²) in [7, 11) is 1.35. The molecule has 0 N–H and O–H groups in total. The lowest BCUT2D eigenvalue weighted by Gasteiger charge is -2.00. The molecule has 1 rings (SSSR count). The molecule has 0 aliphatic carbocycles. The van der Waals surface area contributed by atoms with Crippen LogP contribution in [0, 0.1) is 0 Å². The molecule has 1 heterocycles. The molecule has 13 heavy (non-hydrogen) atoms. The summed E-state index contributed by atoms with van der Waals surface area (Å²) in [6.45, 7) is 4.51. The van der Waals surface area contributed by atoms with Crippen molar-refractivity contribution in [1.82, 2.24) is 0 Å². The minimum Gasteiger partial charge on any atom is -0.469 e. The Morgan fingerprint density at radius 1 is 1.69 bits per heavy atom. The number of ether oxygens (including phenoxy) is 1. The number of allylic oxidation sites excluding steroid dienone is 1. The molecule has 0 saturated carbocycles. The van der Waals surface area contributed by atoms with E-state index < -0.39 is 0 Å². The summed E-state index contributed by atoms with van der Waals surface area (Å²) in [6.07, 6.45) is 6.50. The number of rotatable bonds is 1. The van der Waals surface area contributed by atoms with Gasteiger partial charge in [0.1, 0.15) is 0 Å². The van der Waals surface area contributed by atoms with E-state index >= 15 is 0 Å². The third kappa shape index (κ3) is 7.25. The third-order valence-electron chi connectivity index (χ3n) is 1.62. The van der Waals surface area contributed by atoms with E-state index in [1.54, 1.807) is 0 Å². The Bertz CT molecular complexity index is 207. The predicted octanol–water partition coefficient (Wildman–Crippen LogP) is 1.98. The van der Waals surface area contributed by atoms with E-state index in [1.165, 1.54) is 19.6 Å². The average molecular weight is 183 g/mol. The van der Waals surface area contributed by atoms with Crippen LogP contribution >= 0.6 is 0 Å². The number of carbonyl (C=O) groups is 1. The molecule has 0 saturated heterocycles. The molecule has 74 valence electrons. The van der Waals surface area contributed by atoms with Crippen LogP contribution in [0.4, 0.5) is 0 Å². The van der Waals surface area contributed by atoms with Crippen molar-refractivity contribution in [2.24, 2.45) is 4.99 Å². The van der Waals surface area contributed by atoms with Crippen LogP contribution in [0.2, 0.25) is 0 Å². The molecule has 0 amide bonds. The maximum Gasteiger partial charge on any atom is 0.302 e. The van der Waals surface area contributed by atoms with Gasteiger partial charge >= 0.3 is 5.97 Å². The fraction of sp³-hybridized carbons (Fsp3) is 0.600. The van der Waals surface area contributed by atoms with Crippen molar-refractivity contribution in [2.75, 3.05) is 13.7 Å². The second kappa shape index (κ2) is 7.53. The van der Waals surface area contributed by atoms with Gasteiger partial charge in [-0.3, -0.25) is 9.79 Å². The molecule has 1 aliphatic rings. The number of esters is 1. The molecular formula is C10H17NO2. The quantitative estimate of drug-likeness (QED) is 0.583. The van der Waals surface area contributed by atoms with Gasteiger partial charge in [-0.2, -0.15) is 0 Å². The molecule has 0 atom stereocenters. The van der Waals surface area contributed by atoms with Crippen molar-refractivity contribution in [3.05, 3.63) is 11.6 Å². The zero-order chi connectivity index (χ0) is 10.1. The Hall–Kier alpha value is -1.12. The van der Waals surface area contributed by atoms with Crippen molar-refractivity contribution < 1.29 is 9.53 Å². The fourth-order valence-electron chi connectivity index (χ4n) is 0.795. The first-order chi connectivity index (χ1) is 6.20. The summed E-state index contributed by atoms with van der Waals surface area (Å²) in [5.41, 5.74) is 1.39. The molecule has 0 aromatic rings. The summed E-state index contributed by atoms with van der Waals surface area (Å²) in [5.74, 6) is -0.245. The Morgan fingerprint density at radius 3 is 2.54 bits per heavy atom. The van der Waals surface area contributed by atoms with Crippen LogP contribution in [-0.2, 0) is 9.53 Å². The topological polar surface area (TPSA) is 38.7 Å². The van der Waals surface area contributed by atoms with Crippen molar-refractivity contribution in [2.45, 2.75) is 26.7 Å². The molecule has 1 aliphatic heterocycles. The highest BCUT2D eigenvalue weighted by Crippen LogP contribution is 2.03. The molecular weight excluding hydrogens is 166 g/mol. The third-order valence-corrected chi connectivity index (χ3v) is 1.62. The molecule has 0 bridgehead atoms. The minimum atomic E-state index is -0.245. The van der Waals surface area contributed by atoms with Gasteiger partial charge in [0.15, 0.2) is 0 Å². The summed E-state index contributed by atoms with van der Waals surface area (Å²) in [5, 5.41) is 0. The highest BCUT2D eigenvalue weighted by molar-refractivity contribution is 5.79. The number of nitrogens with zero attached hydrogens (tertiary/aromatic N) is 1. The van der Waals surface area contributed by atoms with Crippen LogP contribution in [0.3, 0.4) is 0 Å². The van der Waals surface area contributed by atoms with Crippen LogP contribution in [0.1, 0.15) is 26.7 Å². The molecule has 0 spiro atoms. The Kier molecular flexibility index (Phi) is 6.88. The van der Waals surface area contributed by atoms with Crippen LogP contribution in [-0.4, -0.2) is 25.8 Å². The van der Waals surface area contributed by atoms with Crippen molar-refractivity contribution in [3.63, 3.8) is 0 Å². The van der Waals surface area contributed by atoms with E-state index in [0.717, 1.165) is 19.4 Å². The number of dihydropyridines is 1. The van der Waals surface area contributed by atoms with Crippen LogP contribution in [0.25, 0.3) is 0 Å². The Balaban J connectivity index is 0.000000252. The van der Waals surface area contributed by atoms with Gasteiger partial charge in [0, 0.05) is 19.7 Å². The van der Waals surface area contributed by atoms with E-state index in [1.807, 2.05) is 6.21 Å². The molecule has 0 aromatic carbocycles. The molecule has 0 fully saturated rings. The number of hydrogen-bond acceptors (Lipinski definition) is 3. The predicted molar refractivity (Wildman–Crippen MR) is 54.0 cm³/mol. The minimum absolute atomic E-state index is 0.245. The van der Waals surface area contributed by atoms with E-state index in [0.29, 0.717) is 0 Å². The summed E-state index contributed by atoms with van der Waals surface area (Å²) < 4.78 is 4.11. The smallest absolute Gasteiger partial charge is 0.302 e. The van der Waals surface area contributed by atoms with E-state index in [2.05, 4.69) is 22.7 Å². The van der Waals surface area contributed by atoms with Gasteiger partial charge in [-0.25, -0.2) is 0 Å². The molecule has 3 heteroatoms. The van der Waals surface area contributed by atoms with Gasteiger partial charge in [0.05, 0.1) is 7.11 Å². The first-order valence-electron chi connectivity index (χ1n) is 4.44. The number of aliphatic imine (C=N–C) groups is 1. The van der Waals surface area contributed by atoms with E-state index in [-0.39, 0.29) is 5.97 Å². The monoisotopic (exact) mass is 183 g/mol. The van der Waals surface area contributed by atoms with Crippen LogP contribution in [0.5, 0.6) is 0 Å². The highest BCUT2D eigenvalue weighted by Gasteiger charge is 1.91.